The smallest absolute Gasteiger partial charge is 0.323 e. The summed E-state index contributed by atoms with van der Waals surface area (Å²) < 4.78 is 1.81. The van der Waals surface area contributed by atoms with E-state index in [0.717, 1.165) is 5.52 Å². The van der Waals surface area contributed by atoms with Crippen LogP contribution in [0.2, 0.25) is 0 Å². The van der Waals surface area contributed by atoms with E-state index < -0.39 is 5.97 Å². The first-order valence-electron chi connectivity index (χ1n) is 5.80. The van der Waals surface area contributed by atoms with Gasteiger partial charge in [-0.15, -0.1) is 0 Å². The lowest BCUT2D eigenvalue weighted by atomic mass is 10.0. The van der Waals surface area contributed by atoms with Crippen LogP contribution in [-0.2, 0) is 11.3 Å². The Labute approximate surface area is 101 Å². The summed E-state index contributed by atoms with van der Waals surface area (Å²) in [5, 5.41) is 10.1. The Morgan fingerprint density at radius 2 is 2.12 bits per heavy atom. The van der Waals surface area contributed by atoms with Gasteiger partial charge in [-0.1, -0.05) is 25.5 Å². The molecule has 17 heavy (non-hydrogen) atoms. The maximum absolute atomic E-state index is 10.8. The van der Waals surface area contributed by atoms with Gasteiger partial charge in [-0.25, -0.2) is 0 Å². The van der Waals surface area contributed by atoms with E-state index in [9.17, 15) is 4.79 Å². The molecule has 90 valence electrons. The molecule has 1 aromatic carbocycles. The molecule has 2 rings (SSSR count). The number of carboxylic acid groups (broad SMARTS) is 1. The maximum Gasteiger partial charge on any atom is 0.323 e. The molecule has 1 heterocycles. The predicted molar refractivity (Wildman–Crippen MR) is 68.4 cm³/mol. The monoisotopic (exact) mass is 231 g/mol. The molecule has 0 radical (unpaired) electrons. The highest BCUT2D eigenvalue weighted by atomic mass is 16.4. The van der Waals surface area contributed by atoms with E-state index in [1.807, 2.05) is 22.9 Å². The van der Waals surface area contributed by atoms with Crippen LogP contribution in [0.1, 0.15) is 30.9 Å². The lowest BCUT2D eigenvalue weighted by Gasteiger charge is -2.02. The van der Waals surface area contributed by atoms with Crippen molar-refractivity contribution in [2.45, 2.75) is 33.2 Å². The summed E-state index contributed by atoms with van der Waals surface area (Å²) >= 11 is 0. The summed E-state index contributed by atoms with van der Waals surface area (Å²) in [6.45, 7) is 6.33. The van der Waals surface area contributed by atoms with Crippen LogP contribution in [-0.4, -0.2) is 15.6 Å². The molecule has 0 bridgehead atoms. The van der Waals surface area contributed by atoms with Crippen LogP contribution in [0.15, 0.2) is 24.4 Å². The Kier molecular flexibility index (Phi) is 2.92. The molecule has 0 fully saturated rings. The number of nitrogens with zero attached hydrogens (tertiary/aromatic N) is 1. The third kappa shape index (κ3) is 2.18. The van der Waals surface area contributed by atoms with Crippen molar-refractivity contribution in [2.75, 3.05) is 0 Å². The molecule has 2 aromatic rings. The molecule has 0 saturated carbocycles. The number of fused-ring (bicyclic) bond motifs is 1. The maximum atomic E-state index is 10.8. The minimum Gasteiger partial charge on any atom is -0.480 e. The van der Waals surface area contributed by atoms with Crippen LogP contribution in [0.25, 0.3) is 10.9 Å². The SMILES string of the molecule is Cc1ccc2c(c1)c(C(C)C)cn2CC(=O)O. The summed E-state index contributed by atoms with van der Waals surface area (Å²) in [4.78, 5) is 10.8. The minimum atomic E-state index is -0.808. The Balaban J connectivity index is 2.66. The molecule has 0 amide bonds. The zero-order chi connectivity index (χ0) is 12.6. The van der Waals surface area contributed by atoms with Gasteiger partial charge < -0.3 is 9.67 Å². The minimum absolute atomic E-state index is 0.0201. The van der Waals surface area contributed by atoms with Gasteiger partial charge in [0.05, 0.1) is 0 Å². The highest BCUT2D eigenvalue weighted by molar-refractivity contribution is 5.86. The summed E-state index contributed by atoms with van der Waals surface area (Å²) in [7, 11) is 0. The molecular formula is C14H17NO2. The zero-order valence-corrected chi connectivity index (χ0v) is 10.4. The Morgan fingerprint density at radius 1 is 1.41 bits per heavy atom. The number of hydrogen-bond acceptors (Lipinski definition) is 1. The second kappa shape index (κ2) is 4.24. The van der Waals surface area contributed by atoms with Crippen LogP contribution in [0.3, 0.4) is 0 Å². The first-order valence-corrected chi connectivity index (χ1v) is 5.80. The average molecular weight is 231 g/mol. The number of benzene rings is 1. The van der Waals surface area contributed by atoms with E-state index in [0.29, 0.717) is 5.92 Å². The molecule has 0 unspecified atom stereocenters. The number of aliphatic carboxylic acids is 1. The van der Waals surface area contributed by atoms with E-state index in [4.69, 9.17) is 5.11 Å². The second-order valence-corrected chi connectivity index (χ2v) is 4.78. The van der Waals surface area contributed by atoms with Crippen molar-refractivity contribution in [3.63, 3.8) is 0 Å². The fraction of sp³-hybridized carbons (Fsp3) is 0.357. The van der Waals surface area contributed by atoms with Gasteiger partial charge in [0, 0.05) is 17.1 Å². The van der Waals surface area contributed by atoms with Gasteiger partial charge in [-0.05, 0) is 30.5 Å². The standard InChI is InChI=1S/C14H17NO2/c1-9(2)12-7-15(8-14(16)17)13-5-4-10(3)6-11(12)13/h4-7,9H,8H2,1-3H3,(H,16,17). The highest BCUT2D eigenvalue weighted by Crippen LogP contribution is 2.28. The predicted octanol–water partition coefficient (Wildman–Crippen LogP) is 3.16. The third-order valence-corrected chi connectivity index (χ3v) is 3.00. The molecular weight excluding hydrogens is 214 g/mol. The van der Waals surface area contributed by atoms with Crippen molar-refractivity contribution in [2.24, 2.45) is 0 Å². The van der Waals surface area contributed by atoms with Gasteiger partial charge in [0.15, 0.2) is 0 Å². The topological polar surface area (TPSA) is 42.2 Å². The van der Waals surface area contributed by atoms with Gasteiger partial charge in [0.25, 0.3) is 0 Å². The second-order valence-electron chi connectivity index (χ2n) is 4.78. The van der Waals surface area contributed by atoms with Crippen molar-refractivity contribution in [1.29, 1.82) is 0 Å². The fourth-order valence-electron chi connectivity index (χ4n) is 2.18. The fourth-order valence-corrected chi connectivity index (χ4v) is 2.18. The first-order chi connectivity index (χ1) is 7.99. The molecule has 1 N–H and O–H groups in total. The van der Waals surface area contributed by atoms with Gasteiger partial charge in [0.2, 0.25) is 0 Å². The summed E-state index contributed by atoms with van der Waals surface area (Å²) in [5.41, 5.74) is 3.42. The lowest BCUT2D eigenvalue weighted by Crippen LogP contribution is -2.07. The van der Waals surface area contributed by atoms with Crippen LogP contribution < -0.4 is 0 Å². The van der Waals surface area contributed by atoms with E-state index in [1.165, 1.54) is 16.5 Å². The zero-order valence-electron chi connectivity index (χ0n) is 10.4. The Hall–Kier alpha value is -1.77. The highest BCUT2D eigenvalue weighted by Gasteiger charge is 2.12. The van der Waals surface area contributed by atoms with Crippen molar-refractivity contribution in [1.82, 2.24) is 4.57 Å². The van der Waals surface area contributed by atoms with E-state index >= 15 is 0 Å². The van der Waals surface area contributed by atoms with Crippen LogP contribution >= 0.6 is 0 Å². The van der Waals surface area contributed by atoms with E-state index in [-0.39, 0.29) is 6.54 Å². The van der Waals surface area contributed by atoms with Gasteiger partial charge >= 0.3 is 5.97 Å². The molecule has 3 nitrogen and oxygen atoms in total. The van der Waals surface area contributed by atoms with Crippen LogP contribution in [0.5, 0.6) is 0 Å². The van der Waals surface area contributed by atoms with E-state index in [2.05, 4.69) is 26.8 Å². The van der Waals surface area contributed by atoms with Crippen molar-refractivity contribution >= 4 is 16.9 Å². The molecule has 0 spiro atoms. The molecule has 3 heteroatoms. The summed E-state index contributed by atoms with van der Waals surface area (Å²) in [6, 6.07) is 6.15. The van der Waals surface area contributed by atoms with Crippen molar-refractivity contribution in [3.8, 4) is 0 Å². The van der Waals surface area contributed by atoms with Gasteiger partial charge in [-0.3, -0.25) is 4.79 Å². The molecule has 0 saturated heterocycles. The Morgan fingerprint density at radius 3 is 2.71 bits per heavy atom. The first kappa shape index (κ1) is 11.7. The number of aryl methyl sites for hydroxylation is 1. The normalized spacial score (nSPS) is 11.3. The third-order valence-electron chi connectivity index (χ3n) is 3.00. The van der Waals surface area contributed by atoms with Crippen LogP contribution in [0, 0.1) is 6.92 Å². The lowest BCUT2D eigenvalue weighted by molar-refractivity contribution is -0.137. The number of rotatable bonds is 3. The van der Waals surface area contributed by atoms with Crippen LogP contribution in [0.4, 0.5) is 0 Å². The number of carboxylic acids is 1. The summed E-state index contributed by atoms with van der Waals surface area (Å²) in [6.07, 6.45) is 1.96. The quantitative estimate of drug-likeness (QED) is 0.881. The molecule has 0 aliphatic carbocycles. The molecule has 0 aliphatic rings. The largest absolute Gasteiger partial charge is 0.480 e. The van der Waals surface area contributed by atoms with Crippen molar-refractivity contribution < 1.29 is 9.90 Å². The molecule has 1 aromatic heterocycles. The number of aromatic nitrogens is 1. The van der Waals surface area contributed by atoms with Gasteiger partial charge in [0.1, 0.15) is 6.54 Å². The van der Waals surface area contributed by atoms with Gasteiger partial charge in [-0.2, -0.15) is 0 Å². The van der Waals surface area contributed by atoms with E-state index in [1.54, 1.807) is 0 Å². The Bertz CT molecular complexity index is 567. The number of carbonyl (C=O) groups is 1. The summed E-state index contributed by atoms with van der Waals surface area (Å²) in [5.74, 6) is -0.410. The molecule has 0 aliphatic heterocycles. The van der Waals surface area contributed by atoms with Crippen molar-refractivity contribution in [3.05, 3.63) is 35.5 Å². The average Bonchev–Trinajstić information content (AvgIpc) is 2.55. The number of hydrogen-bond donors (Lipinski definition) is 1. The molecule has 0 atom stereocenters.